The molecule has 26 heavy (non-hydrogen) atoms. The third-order valence-electron chi connectivity index (χ3n) is 4.72. The van der Waals surface area contributed by atoms with Crippen molar-refractivity contribution in [2.24, 2.45) is 0 Å². The van der Waals surface area contributed by atoms with E-state index in [-0.39, 0.29) is 11.9 Å². The Labute approximate surface area is 154 Å². The van der Waals surface area contributed by atoms with Crippen LogP contribution in [0.2, 0.25) is 0 Å². The first-order chi connectivity index (χ1) is 12.7. The fourth-order valence-electron chi connectivity index (χ4n) is 3.46. The average molecular weight is 355 g/mol. The molecule has 138 valence electrons. The largest absolute Gasteiger partial charge is 0.497 e. The molecule has 1 unspecified atom stereocenters. The molecule has 1 amide bonds. The van der Waals surface area contributed by atoms with Gasteiger partial charge in [-0.2, -0.15) is 0 Å². The first kappa shape index (κ1) is 18.1. The lowest BCUT2D eigenvalue weighted by molar-refractivity contribution is 0.0734. The second kappa shape index (κ2) is 8.13. The summed E-state index contributed by atoms with van der Waals surface area (Å²) in [7, 11) is 3.29. The van der Waals surface area contributed by atoms with Crippen LogP contribution in [0.4, 0.5) is 0 Å². The highest BCUT2D eigenvalue weighted by atomic mass is 16.5. The molecule has 1 fully saturated rings. The van der Waals surface area contributed by atoms with Gasteiger partial charge in [-0.05, 0) is 62.2 Å². The van der Waals surface area contributed by atoms with Gasteiger partial charge in [0.05, 0.1) is 26.9 Å². The zero-order valence-electron chi connectivity index (χ0n) is 15.5. The molecule has 0 radical (unpaired) electrons. The molecule has 0 aromatic heterocycles. The zero-order chi connectivity index (χ0) is 18.5. The van der Waals surface area contributed by atoms with Gasteiger partial charge in [0.25, 0.3) is 5.91 Å². The van der Waals surface area contributed by atoms with E-state index in [1.807, 2.05) is 54.3 Å². The average Bonchev–Trinajstić information content (AvgIpc) is 3.17. The lowest BCUT2D eigenvalue weighted by Gasteiger charge is -2.27. The van der Waals surface area contributed by atoms with Crippen molar-refractivity contribution < 1.29 is 19.0 Å². The predicted molar refractivity (Wildman–Crippen MR) is 100 cm³/mol. The summed E-state index contributed by atoms with van der Waals surface area (Å²) in [6.07, 6.45) is 1.88. The normalized spacial score (nSPS) is 16.4. The molecule has 2 aromatic rings. The number of rotatable bonds is 6. The monoisotopic (exact) mass is 355 g/mol. The standard InChI is InChI=1S/C21H25NO4/c1-4-26-16-9-7-15(8-10-16)21(23)22-13-5-6-19(22)18-14-17(24-2)11-12-20(18)25-3/h7-12,14,19H,4-6,13H2,1-3H3. The van der Waals surface area contributed by atoms with Crippen molar-refractivity contribution in [3.05, 3.63) is 53.6 Å². The first-order valence-electron chi connectivity index (χ1n) is 8.93. The van der Waals surface area contributed by atoms with Crippen LogP contribution >= 0.6 is 0 Å². The van der Waals surface area contributed by atoms with E-state index in [1.54, 1.807) is 14.2 Å². The van der Waals surface area contributed by atoms with Gasteiger partial charge in [-0.1, -0.05) is 0 Å². The van der Waals surface area contributed by atoms with E-state index >= 15 is 0 Å². The number of benzene rings is 2. The van der Waals surface area contributed by atoms with Gasteiger partial charge in [-0.3, -0.25) is 4.79 Å². The maximum absolute atomic E-state index is 13.1. The van der Waals surface area contributed by atoms with Crippen molar-refractivity contribution in [1.29, 1.82) is 0 Å². The van der Waals surface area contributed by atoms with Gasteiger partial charge in [0.1, 0.15) is 17.2 Å². The fourth-order valence-corrected chi connectivity index (χ4v) is 3.46. The van der Waals surface area contributed by atoms with Crippen molar-refractivity contribution in [3.8, 4) is 17.2 Å². The molecule has 0 saturated carbocycles. The zero-order valence-corrected chi connectivity index (χ0v) is 15.5. The number of carbonyl (C=O) groups excluding carboxylic acids is 1. The molecule has 1 heterocycles. The van der Waals surface area contributed by atoms with Crippen molar-refractivity contribution in [2.45, 2.75) is 25.8 Å². The topological polar surface area (TPSA) is 48.0 Å². The predicted octanol–water partition coefficient (Wildman–Crippen LogP) is 4.08. The number of carbonyl (C=O) groups is 1. The molecule has 0 spiro atoms. The summed E-state index contributed by atoms with van der Waals surface area (Å²) in [5.74, 6) is 2.35. The minimum atomic E-state index is -0.0147. The summed E-state index contributed by atoms with van der Waals surface area (Å²) in [5.41, 5.74) is 1.66. The Balaban J connectivity index is 1.87. The van der Waals surface area contributed by atoms with Gasteiger partial charge >= 0.3 is 0 Å². The number of nitrogens with zero attached hydrogens (tertiary/aromatic N) is 1. The minimum absolute atomic E-state index is 0.0147. The Morgan fingerprint density at radius 2 is 1.81 bits per heavy atom. The second-order valence-corrected chi connectivity index (χ2v) is 6.22. The first-order valence-corrected chi connectivity index (χ1v) is 8.93. The Bertz CT molecular complexity index is 757. The van der Waals surface area contributed by atoms with Crippen molar-refractivity contribution in [3.63, 3.8) is 0 Å². The van der Waals surface area contributed by atoms with Crippen molar-refractivity contribution >= 4 is 5.91 Å². The molecule has 2 aromatic carbocycles. The van der Waals surface area contributed by atoms with Gasteiger partial charge < -0.3 is 19.1 Å². The van der Waals surface area contributed by atoms with Crippen LogP contribution in [0, 0.1) is 0 Å². The maximum atomic E-state index is 13.1. The summed E-state index contributed by atoms with van der Waals surface area (Å²) in [6, 6.07) is 13.0. The van der Waals surface area contributed by atoms with Crippen LogP contribution in [-0.2, 0) is 0 Å². The van der Waals surface area contributed by atoms with E-state index in [1.165, 1.54) is 0 Å². The molecule has 1 atom stereocenters. The number of methoxy groups -OCH3 is 2. The van der Waals surface area contributed by atoms with Crippen LogP contribution in [0.1, 0.15) is 41.7 Å². The Morgan fingerprint density at radius 1 is 1.08 bits per heavy atom. The van der Waals surface area contributed by atoms with Gasteiger partial charge in [0, 0.05) is 17.7 Å². The number of ether oxygens (including phenoxy) is 3. The van der Waals surface area contributed by atoms with Crippen LogP contribution in [0.3, 0.4) is 0 Å². The van der Waals surface area contributed by atoms with E-state index in [4.69, 9.17) is 14.2 Å². The lowest BCUT2D eigenvalue weighted by atomic mass is 10.0. The third kappa shape index (κ3) is 3.62. The molecular formula is C21H25NO4. The Kier molecular flexibility index (Phi) is 5.66. The highest BCUT2D eigenvalue weighted by Gasteiger charge is 2.32. The molecule has 5 nitrogen and oxygen atoms in total. The van der Waals surface area contributed by atoms with Crippen LogP contribution in [0.25, 0.3) is 0 Å². The number of hydrogen-bond acceptors (Lipinski definition) is 4. The molecule has 0 N–H and O–H groups in total. The number of amides is 1. The van der Waals surface area contributed by atoms with Gasteiger partial charge in [-0.25, -0.2) is 0 Å². The van der Waals surface area contributed by atoms with E-state index in [0.29, 0.717) is 12.2 Å². The SMILES string of the molecule is CCOc1ccc(C(=O)N2CCCC2c2cc(OC)ccc2OC)cc1. The van der Waals surface area contributed by atoms with Gasteiger partial charge in [0.15, 0.2) is 0 Å². The van der Waals surface area contributed by atoms with E-state index in [9.17, 15) is 4.79 Å². The van der Waals surface area contributed by atoms with Crippen LogP contribution in [0.15, 0.2) is 42.5 Å². The minimum Gasteiger partial charge on any atom is -0.497 e. The molecular weight excluding hydrogens is 330 g/mol. The highest BCUT2D eigenvalue weighted by molar-refractivity contribution is 5.94. The molecule has 1 saturated heterocycles. The summed E-state index contributed by atoms with van der Waals surface area (Å²) in [6.45, 7) is 3.28. The summed E-state index contributed by atoms with van der Waals surface area (Å²) in [5, 5.41) is 0. The molecule has 0 aliphatic carbocycles. The van der Waals surface area contributed by atoms with Gasteiger partial charge in [-0.15, -0.1) is 0 Å². The van der Waals surface area contributed by atoms with E-state index in [0.717, 1.165) is 42.2 Å². The maximum Gasteiger partial charge on any atom is 0.254 e. The van der Waals surface area contributed by atoms with Crippen molar-refractivity contribution in [1.82, 2.24) is 4.90 Å². The van der Waals surface area contributed by atoms with Gasteiger partial charge in [0.2, 0.25) is 0 Å². The van der Waals surface area contributed by atoms with Crippen LogP contribution < -0.4 is 14.2 Å². The fraction of sp³-hybridized carbons (Fsp3) is 0.381. The summed E-state index contributed by atoms with van der Waals surface area (Å²) >= 11 is 0. The smallest absolute Gasteiger partial charge is 0.254 e. The quantitative estimate of drug-likeness (QED) is 0.783. The van der Waals surface area contributed by atoms with E-state index < -0.39 is 0 Å². The molecule has 1 aliphatic rings. The Morgan fingerprint density at radius 3 is 2.46 bits per heavy atom. The highest BCUT2D eigenvalue weighted by Crippen LogP contribution is 2.39. The molecule has 3 rings (SSSR count). The summed E-state index contributed by atoms with van der Waals surface area (Å²) < 4.78 is 16.3. The Hall–Kier alpha value is -2.69. The molecule has 5 heteroatoms. The van der Waals surface area contributed by atoms with Crippen LogP contribution in [-0.4, -0.2) is 38.2 Å². The third-order valence-corrected chi connectivity index (χ3v) is 4.72. The lowest BCUT2D eigenvalue weighted by Crippen LogP contribution is -2.30. The second-order valence-electron chi connectivity index (χ2n) is 6.22. The summed E-state index contributed by atoms with van der Waals surface area (Å²) in [4.78, 5) is 15.0. The van der Waals surface area contributed by atoms with E-state index in [2.05, 4.69) is 0 Å². The van der Waals surface area contributed by atoms with Crippen LogP contribution in [0.5, 0.6) is 17.2 Å². The molecule has 1 aliphatic heterocycles. The number of likely N-dealkylation sites (tertiary alicyclic amines) is 1. The van der Waals surface area contributed by atoms with Crippen molar-refractivity contribution in [2.75, 3.05) is 27.4 Å². The number of hydrogen-bond donors (Lipinski definition) is 0. The molecule has 0 bridgehead atoms.